The number of rotatable bonds is 14. The standard InChI is InChI=1S/C30H50O4/c1-9-10-16-26(29(31)32)33-27-22(5)23(6)28-25(24(27)7)17-19-30(8,34-28)18-12-15-21(4)14-11-13-20(2)3/h20-21,26H,9-19H2,1-8H3,(H,31,32). The molecule has 0 spiro atoms. The Morgan fingerprint density at radius 1 is 1.00 bits per heavy atom. The fourth-order valence-electron chi connectivity index (χ4n) is 5.24. The molecule has 1 N–H and O–H groups in total. The van der Waals surface area contributed by atoms with Crippen LogP contribution in [0.5, 0.6) is 11.5 Å². The van der Waals surface area contributed by atoms with Gasteiger partial charge in [0.2, 0.25) is 0 Å². The van der Waals surface area contributed by atoms with E-state index >= 15 is 0 Å². The van der Waals surface area contributed by atoms with Crippen LogP contribution in [0.2, 0.25) is 0 Å². The Morgan fingerprint density at radius 3 is 2.29 bits per heavy atom. The zero-order valence-electron chi connectivity index (χ0n) is 23.2. The zero-order valence-corrected chi connectivity index (χ0v) is 23.2. The molecule has 1 aromatic carbocycles. The highest BCUT2D eigenvalue weighted by atomic mass is 16.5. The molecular weight excluding hydrogens is 424 g/mol. The van der Waals surface area contributed by atoms with Gasteiger partial charge in [0.1, 0.15) is 17.1 Å². The van der Waals surface area contributed by atoms with Crippen LogP contribution in [0.15, 0.2) is 0 Å². The van der Waals surface area contributed by atoms with Crippen molar-refractivity contribution in [1.29, 1.82) is 0 Å². The average molecular weight is 475 g/mol. The maximum absolute atomic E-state index is 11.8. The number of aliphatic carboxylic acids is 1. The molecule has 0 amide bonds. The van der Waals surface area contributed by atoms with E-state index in [1.165, 1.54) is 37.7 Å². The molecule has 1 aliphatic heterocycles. The van der Waals surface area contributed by atoms with Crippen molar-refractivity contribution in [3.8, 4) is 11.5 Å². The molecule has 0 saturated carbocycles. The third kappa shape index (κ3) is 7.65. The first-order valence-corrected chi connectivity index (χ1v) is 13.7. The van der Waals surface area contributed by atoms with Gasteiger partial charge in [-0.3, -0.25) is 0 Å². The fraction of sp³-hybridized carbons (Fsp3) is 0.767. The SMILES string of the molecule is CCCCC(Oc1c(C)c(C)c2c(c1C)CCC(C)(CCCC(C)CCCC(C)C)O2)C(=O)O. The predicted molar refractivity (Wildman–Crippen MR) is 141 cm³/mol. The first-order valence-electron chi connectivity index (χ1n) is 13.7. The highest BCUT2D eigenvalue weighted by Crippen LogP contribution is 2.45. The summed E-state index contributed by atoms with van der Waals surface area (Å²) in [5.41, 5.74) is 4.19. The lowest BCUT2D eigenvalue weighted by Crippen LogP contribution is -2.37. The van der Waals surface area contributed by atoms with Gasteiger partial charge in [-0.25, -0.2) is 4.79 Å². The van der Waals surface area contributed by atoms with Gasteiger partial charge in [-0.1, -0.05) is 59.8 Å². The van der Waals surface area contributed by atoms with Gasteiger partial charge in [-0.05, 0) is 94.7 Å². The highest BCUT2D eigenvalue weighted by Gasteiger charge is 2.35. The highest BCUT2D eigenvalue weighted by molar-refractivity contribution is 5.73. The molecule has 1 heterocycles. The summed E-state index contributed by atoms with van der Waals surface area (Å²) < 4.78 is 12.8. The monoisotopic (exact) mass is 474 g/mol. The fourth-order valence-corrected chi connectivity index (χ4v) is 5.24. The van der Waals surface area contributed by atoms with Gasteiger partial charge in [-0.2, -0.15) is 0 Å². The van der Waals surface area contributed by atoms with Crippen molar-refractivity contribution in [3.05, 3.63) is 22.3 Å². The molecular formula is C30H50O4. The molecule has 4 nitrogen and oxygen atoms in total. The molecule has 194 valence electrons. The van der Waals surface area contributed by atoms with Gasteiger partial charge in [0.25, 0.3) is 0 Å². The Labute approximate surface area is 208 Å². The third-order valence-electron chi connectivity index (χ3n) is 7.80. The molecule has 0 aromatic heterocycles. The van der Waals surface area contributed by atoms with Crippen molar-refractivity contribution in [3.63, 3.8) is 0 Å². The van der Waals surface area contributed by atoms with Crippen molar-refractivity contribution < 1.29 is 19.4 Å². The maximum atomic E-state index is 11.8. The van der Waals surface area contributed by atoms with Crippen molar-refractivity contribution in [2.75, 3.05) is 0 Å². The Morgan fingerprint density at radius 2 is 1.68 bits per heavy atom. The second-order valence-corrected chi connectivity index (χ2v) is 11.5. The lowest BCUT2D eigenvalue weighted by molar-refractivity contribution is -0.145. The van der Waals surface area contributed by atoms with Gasteiger partial charge < -0.3 is 14.6 Å². The summed E-state index contributed by atoms with van der Waals surface area (Å²) in [7, 11) is 0. The molecule has 0 aliphatic carbocycles. The van der Waals surface area contributed by atoms with Crippen molar-refractivity contribution in [1.82, 2.24) is 0 Å². The first kappa shape index (κ1) is 28.5. The van der Waals surface area contributed by atoms with Gasteiger partial charge in [0.15, 0.2) is 6.10 Å². The van der Waals surface area contributed by atoms with Crippen LogP contribution in [0.1, 0.15) is 121 Å². The second kappa shape index (κ2) is 12.8. The number of carboxylic acid groups (broad SMARTS) is 1. The normalized spacial score (nSPS) is 19.4. The molecule has 0 radical (unpaired) electrons. The minimum Gasteiger partial charge on any atom is -0.487 e. The van der Waals surface area contributed by atoms with E-state index < -0.39 is 12.1 Å². The molecule has 4 heteroatoms. The van der Waals surface area contributed by atoms with Gasteiger partial charge in [0.05, 0.1) is 0 Å². The molecule has 0 saturated heterocycles. The van der Waals surface area contributed by atoms with E-state index in [-0.39, 0.29) is 5.60 Å². The van der Waals surface area contributed by atoms with Crippen LogP contribution in [0.4, 0.5) is 0 Å². The van der Waals surface area contributed by atoms with Crippen LogP contribution in [0.3, 0.4) is 0 Å². The summed E-state index contributed by atoms with van der Waals surface area (Å²) in [5.74, 6) is 2.43. The molecule has 1 aromatic rings. The third-order valence-corrected chi connectivity index (χ3v) is 7.80. The second-order valence-electron chi connectivity index (χ2n) is 11.5. The van der Waals surface area contributed by atoms with E-state index in [1.54, 1.807) is 0 Å². The Kier molecular flexibility index (Phi) is 10.8. The predicted octanol–water partition coefficient (Wildman–Crippen LogP) is 8.35. The lowest BCUT2D eigenvalue weighted by Gasteiger charge is -2.38. The molecule has 1 aliphatic rings. The first-order chi connectivity index (χ1) is 16.0. The quantitative estimate of drug-likeness (QED) is 0.294. The number of hydrogen-bond acceptors (Lipinski definition) is 3. The van der Waals surface area contributed by atoms with Gasteiger partial charge in [-0.15, -0.1) is 0 Å². The minimum atomic E-state index is -0.884. The summed E-state index contributed by atoms with van der Waals surface area (Å²) in [5, 5.41) is 9.66. The maximum Gasteiger partial charge on any atom is 0.344 e. The van der Waals surface area contributed by atoms with E-state index in [0.29, 0.717) is 6.42 Å². The topological polar surface area (TPSA) is 55.8 Å². The molecule has 0 fully saturated rings. The van der Waals surface area contributed by atoms with Crippen molar-refractivity contribution in [2.45, 2.75) is 138 Å². The molecule has 3 unspecified atom stereocenters. The van der Waals surface area contributed by atoms with E-state index in [0.717, 1.165) is 72.1 Å². The van der Waals surface area contributed by atoms with Gasteiger partial charge in [0, 0.05) is 5.56 Å². The largest absolute Gasteiger partial charge is 0.487 e. The average Bonchev–Trinajstić information content (AvgIpc) is 2.76. The number of fused-ring (bicyclic) bond motifs is 1. The molecule has 0 bridgehead atoms. The Hall–Kier alpha value is -1.71. The van der Waals surface area contributed by atoms with Crippen molar-refractivity contribution in [2.24, 2.45) is 11.8 Å². The molecule has 3 atom stereocenters. The summed E-state index contributed by atoms with van der Waals surface area (Å²) in [6, 6.07) is 0. The summed E-state index contributed by atoms with van der Waals surface area (Å²) in [6.07, 6.45) is 11.0. The molecule has 34 heavy (non-hydrogen) atoms. The van der Waals surface area contributed by atoms with E-state index in [2.05, 4.69) is 48.5 Å². The number of carbonyl (C=O) groups is 1. The minimum absolute atomic E-state index is 0.138. The number of carboxylic acids is 1. The molecule has 2 rings (SSSR count). The van der Waals surface area contributed by atoms with E-state index in [1.807, 2.05) is 6.92 Å². The summed E-state index contributed by atoms with van der Waals surface area (Å²) in [4.78, 5) is 11.8. The van der Waals surface area contributed by atoms with Crippen LogP contribution < -0.4 is 9.47 Å². The van der Waals surface area contributed by atoms with Crippen molar-refractivity contribution >= 4 is 5.97 Å². The van der Waals surface area contributed by atoms with E-state index in [4.69, 9.17) is 9.47 Å². The summed E-state index contributed by atoms with van der Waals surface area (Å²) in [6.45, 7) is 17.5. The Bertz CT molecular complexity index is 813. The number of ether oxygens (including phenoxy) is 2. The lowest BCUT2D eigenvalue weighted by atomic mass is 9.84. The number of unbranched alkanes of at least 4 members (excludes halogenated alkanes) is 1. The van der Waals surface area contributed by atoms with Gasteiger partial charge >= 0.3 is 5.97 Å². The zero-order chi connectivity index (χ0) is 25.5. The van der Waals surface area contributed by atoms with E-state index in [9.17, 15) is 9.90 Å². The van der Waals surface area contributed by atoms with Crippen LogP contribution in [-0.4, -0.2) is 22.8 Å². The smallest absolute Gasteiger partial charge is 0.344 e. The van der Waals surface area contributed by atoms with Crippen LogP contribution in [0.25, 0.3) is 0 Å². The van der Waals surface area contributed by atoms with Crippen LogP contribution in [0, 0.1) is 32.6 Å². The van der Waals surface area contributed by atoms with Crippen LogP contribution >= 0.6 is 0 Å². The number of hydrogen-bond donors (Lipinski definition) is 1. The Balaban J connectivity index is 2.08. The van der Waals surface area contributed by atoms with Crippen LogP contribution in [-0.2, 0) is 11.2 Å². The summed E-state index contributed by atoms with van der Waals surface area (Å²) >= 11 is 0. The number of benzene rings is 1.